The van der Waals surface area contributed by atoms with Gasteiger partial charge in [0.15, 0.2) is 0 Å². The number of carbonyl (C=O) groups is 1. The highest BCUT2D eigenvalue weighted by atomic mass is 19.1. The quantitative estimate of drug-likeness (QED) is 0.748. The third-order valence-corrected chi connectivity index (χ3v) is 3.85. The zero-order valence-electron chi connectivity index (χ0n) is 14.4. The highest BCUT2D eigenvalue weighted by Gasteiger charge is 2.20. The summed E-state index contributed by atoms with van der Waals surface area (Å²) in [6, 6.07) is 8.24. The number of carbonyl (C=O) groups excluding carboxylic acids is 1. The maximum absolute atomic E-state index is 13.8. The first-order valence-electron chi connectivity index (χ1n) is 7.98. The molecule has 0 aliphatic carbocycles. The number of imidazole rings is 1. The van der Waals surface area contributed by atoms with Crippen molar-refractivity contribution >= 4 is 22.6 Å². The largest absolute Gasteiger partial charge is 0.341 e. The van der Waals surface area contributed by atoms with Crippen molar-refractivity contribution in [3.63, 3.8) is 0 Å². The lowest BCUT2D eigenvalue weighted by Crippen LogP contribution is -2.20. The van der Waals surface area contributed by atoms with E-state index in [1.54, 1.807) is 13.0 Å². The van der Waals surface area contributed by atoms with E-state index in [0.717, 1.165) is 16.9 Å². The van der Waals surface area contributed by atoms with Gasteiger partial charge in [-0.05, 0) is 51.4 Å². The summed E-state index contributed by atoms with van der Waals surface area (Å²) >= 11 is 0. The van der Waals surface area contributed by atoms with E-state index < -0.39 is 11.7 Å². The summed E-state index contributed by atoms with van der Waals surface area (Å²) in [6.07, 6.45) is 1.48. The topological polar surface area (TPSA) is 73.9 Å². The first-order chi connectivity index (χ1) is 11.9. The Hall–Kier alpha value is -2.80. The molecule has 2 N–H and O–H groups in total. The Morgan fingerprint density at radius 3 is 2.88 bits per heavy atom. The molecule has 130 valence electrons. The Morgan fingerprint density at radius 1 is 1.36 bits per heavy atom. The molecule has 2 aromatic heterocycles. The fraction of sp³-hybridized carbons (Fsp3) is 0.278. The second-order valence-electron chi connectivity index (χ2n) is 6.23. The standard InChI is InChI=1S/C18H20FN5O/c1-11(17-13(19)5-4-8-20-17)18(25)21-12-6-7-14-15(9-12)23-16(22-14)10-24(2)3/h4-9,11H,10H2,1-3H3,(H,21,25)(H,22,23). The zero-order valence-corrected chi connectivity index (χ0v) is 14.4. The fourth-order valence-electron chi connectivity index (χ4n) is 2.61. The van der Waals surface area contributed by atoms with E-state index in [2.05, 4.69) is 20.3 Å². The van der Waals surface area contributed by atoms with Crippen molar-refractivity contribution in [3.05, 3.63) is 53.9 Å². The molecule has 0 radical (unpaired) electrons. The van der Waals surface area contributed by atoms with E-state index in [1.165, 1.54) is 18.3 Å². The number of aromatic nitrogens is 3. The van der Waals surface area contributed by atoms with Crippen LogP contribution in [0.5, 0.6) is 0 Å². The van der Waals surface area contributed by atoms with Gasteiger partial charge in [0.25, 0.3) is 0 Å². The van der Waals surface area contributed by atoms with Crippen molar-refractivity contribution in [2.45, 2.75) is 19.4 Å². The molecule has 0 spiro atoms. The van der Waals surface area contributed by atoms with Gasteiger partial charge >= 0.3 is 0 Å². The minimum absolute atomic E-state index is 0.135. The summed E-state index contributed by atoms with van der Waals surface area (Å²) in [7, 11) is 3.94. The van der Waals surface area contributed by atoms with Crippen LogP contribution in [0.4, 0.5) is 10.1 Å². The van der Waals surface area contributed by atoms with Crippen LogP contribution in [-0.2, 0) is 11.3 Å². The van der Waals surface area contributed by atoms with Crippen LogP contribution in [0.15, 0.2) is 36.5 Å². The molecule has 7 heteroatoms. The minimum Gasteiger partial charge on any atom is -0.341 e. The Labute approximate surface area is 145 Å². The third kappa shape index (κ3) is 3.83. The van der Waals surface area contributed by atoms with E-state index in [4.69, 9.17) is 0 Å². The van der Waals surface area contributed by atoms with Crippen LogP contribution in [0, 0.1) is 5.82 Å². The number of nitrogens with one attached hydrogen (secondary N) is 2. The van der Waals surface area contributed by atoms with Crippen LogP contribution in [-0.4, -0.2) is 39.9 Å². The monoisotopic (exact) mass is 341 g/mol. The normalized spacial score (nSPS) is 12.5. The number of benzene rings is 1. The van der Waals surface area contributed by atoms with E-state index >= 15 is 0 Å². The lowest BCUT2D eigenvalue weighted by atomic mass is 10.1. The second-order valence-corrected chi connectivity index (χ2v) is 6.23. The van der Waals surface area contributed by atoms with Gasteiger partial charge in [0.2, 0.25) is 5.91 Å². The summed E-state index contributed by atoms with van der Waals surface area (Å²) in [6.45, 7) is 2.33. The molecule has 2 heterocycles. The highest BCUT2D eigenvalue weighted by molar-refractivity contribution is 5.96. The van der Waals surface area contributed by atoms with Crippen LogP contribution in [0.25, 0.3) is 11.0 Å². The Kier molecular flexibility index (Phi) is 4.76. The summed E-state index contributed by atoms with van der Waals surface area (Å²) in [5.41, 5.74) is 2.43. The molecule has 0 aliphatic heterocycles. The molecule has 0 aliphatic rings. The maximum Gasteiger partial charge on any atom is 0.233 e. The number of aromatic amines is 1. The number of nitrogens with zero attached hydrogens (tertiary/aromatic N) is 3. The number of H-pyrrole nitrogens is 1. The number of anilines is 1. The van der Waals surface area contributed by atoms with E-state index in [9.17, 15) is 9.18 Å². The van der Waals surface area contributed by atoms with Crippen molar-refractivity contribution in [1.82, 2.24) is 19.9 Å². The lowest BCUT2D eigenvalue weighted by molar-refractivity contribution is -0.117. The number of hydrogen-bond acceptors (Lipinski definition) is 4. The zero-order chi connectivity index (χ0) is 18.0. The van der Waals surface area contributed by atoms with Gasteiger partial charge in [-0.1, -0.05) is 0 Å². The number of hydrogen-bond donors (Lipinski definition) is 2. The van der Waals surface area contributed by atoms with Crippen molar-refractivity contribution in [1.29, 1.82) is 0 Å². The lowest BCUT2D eigenvalue weighted by Gasteiger charge is -2.12. The van der Waals surface area contributed by atoms with Gasteiger partial charge in [0.05, 0.1) is 29.2 Å². The molecule has 6 nitrogen and oxygen atoms in total. The van der Waals surface area contributed by atoms with Crippen molar-refractivity contribution in [2.75, 3.05) is 19.4 Å². The molecule has 0 saturated carbocycles. The predicted octanol–water partition coefficient (Wildman–Crippen LogP) is 2.90. The molecule has 1 aromatic carbocycles. The van der Waals surface area contributed by atoms with Crippen molar-refractivity contribution < 1.29 is 9.18 Å². The van der Waals surface area contributed by atoms with Gasteiger partial charge in [0, 0.05) is 11.9 Å². The van der Waals surface area contributed by atoms with E-state index in [-0.39, 0.29) is 11.6 Å². The van der Waals surface area contributed by atoms with Gasteiger partial charge < -0.3 is 15.2 Å². The Morgan fingerprint density at radius 2 is 2.16 bits per heavy atom. The van der Waals surface area contributed by atoms with Gasteiger partial charge in [0.1, 0.15) is 11.6 Å². The van der Waals surface area contributed by atoms with Gasteiger partial charge in [-0.2, -0.15) is 0 Å². The average molecular weight is 341 g/mol. The number of fused-ring (bicyclic) bond motifs is 1. The third-order valence-electron chi connectivity index (χ3n) is 3.85. The minimum atomic E-state index is -0.692. The number of pyridine rings is 1. The van der Waals surface area contributed by atoms with E-state index in [1.807, 2.05) is 31.1 Å². The van der Waals surface area contributed by atoms with Crippen LogP contribution in [0.1, 0.15) is 24.4 Å². The van der Waals surface area contributed by atoms with Crippen molar-refractivity contribution in [3.8, 4) is 0 Å². The molecular formula is C18H20FN5O. The number of rotatable bonds is 5. The van der Waals surface area contributed by atoms with Crippen LogP contribution in [0.3, 0.4) is 0 Å². The molecular weight excluding hydrogens is 321 g/mol. The smallest absolute Gasteiger partial charge is 0.233 e. The predicted molar refractivity (Wildman–Crippen MR) is 94.7 cm³/mol. The number of halogens is 1. The van der Waals surface area contributed by atoms with Crippen LogP contribution in [0.2, 0.25) is 0 Å². The molecule has 3 rings (SSSR count). The highest BCUT2D eigenvalue weighted by Crippen LogP contribution is 2.21. The molecule has 3 aromatic rings. The van der Waals surface area contributed by atoms with Crippen LogP contribution >= 0.6 is 0 Å². The maximum atomic E-state index is 13.8. The summed E-state index contributed by atoms with van der Waals surface area (Å²) < 4.78 is 13.8. The second kappa shape index (κ2) is 6.98. The Balaban J connectivity index is 1.78. The molecule has 25 heavy (non-hydrogen) atoms. The van der Waals surface area contributed by atoms with Gasteiger partial charge in [-0.25, -0.2) is 9.37 Å². The SMILES string of the molecule is CC(C(=O)Nc1ccc2nc(CN(C)C)[nH]c2c1)c1ncccc1F. The molecule has 0 bridgehead atoms. The number of amides is 1. The summed E-state index contributed by atoms with van der Waals surface area (Å²) in [5.74, 6) is -0.636. The molecule has 1 unspecified atom stereocenters. The molecule has 0 saturated heterocycles. The van der Waals surface area contributed by atoms with E-state index in [0.29, 0.717) is 12.2 Å². The molecule has 1 atom stereocenters. The van der Waals surface area contributed by atoms with Crippen LogP contribution < -0.4 is 5.32 Å². The summed E-state index contributed by atoms with van der Waals surface area (Å²) in [5, 5.41) is 2.81. The van der Waals surface area contributed by atoms with Gasteiger partial charge in [-0.3, -0.25) is 9.78 Å². The van der Waals surface area contributed by atoms with Gasteiger partial charge in [-0.15, -0.1) is 0 Å². The molecule has 0 fully saturated rings. The first-order valence-corrected chi connectivity index (χ1v) is 7.98. The average Bonchev–Trinajstić information content (AvgIpc) is 2.95. The fourth-order valence-corrected chi connectivity index (χ4v) is 2.61. The first kappa shape index (κ1) is 17.0. The molecule has 1 amide bonds. The van der Waals surface area contributed by atoms with Crippen molar-refractivity contribution in [2.24, 2.45) is 0 Å². The summed E-state index contributed by atoms with van der Waals surface area (Å²) in [4.78, 5) is 26.1. The Bertz CT molecular complexity index is 905.